The number of nitrogens with zero attached hydrogens (tertiary/aromatic N) is 3. The summed E-state index contributed by atoms with van der Waals surface area (Å²) in [5.74, 6) is -4.17. The summed E-state index contributed by atoms with van der Waals surface area (Å²) in [6.07, 6.45) is -4.61. The Balaban J connectivity index is 0.000000360. The highest BCUT2D eigenvalue weighted by molar-refractivity contribution is 5.87. The Bertz CT molecular complexity index is 1450. The third-order valence-electron chi connectivity index (χ3n) is 7.80. The van der Waals surface area contributed by atoms with Gasteiger partial charge < -0.3 is 19.8 Å². The molecule has 9 nitrogen and oxygen atoms in total. The van der Waals surface area contributed by atoms with E-state index in [1.165, 1.54) is 16.7 Å². The van der Waals surface area contributed by atoms with Gasteiger partial charge in [-0.1, -0.05) is 48.5 Å². The predicted molar refractivity (Wildman–Crippen MR) is 156 cm³/mol. The van der Waals surface area contributed by atoms with E-state index in [1.54, 1.807) is 7.11 Å². The van der Waals surface area contributed by atoms with E-state index >= 15 is 0 Å². The summed E-state index contributed by atoms with van der Waals surface area (Å²) in [5, 5.41) is 14.2. The first-order valence-electron chi connectivity index (χ1n) is 14.3. The van der Waals surface area contributed by atoms with Crippen molar-refractivity contribution in [3.63, 3.8) is 0 Å². The molecule has 47 heavy (non-hydrogen) atoms. The molecule has 3 heterocycles. The average Bonchev–Trinajstić information content (AvgIpc) is 3.56. The monoisotopic (exact) mass is 669 g/mol. The number of carbonyl (C=O) groups excluding carboxylic acids is 1. The van der Waals surface area contributed by atoms with Gasteiger partial charge in [0.1, 0.15) is 5.75 Å². The molecule has 5 rings (SSSR count). The van der Waals surface area contributed by atoms with Crippen LogP contribution in [0.5, 0.6) is 5.75 Å². The van der Waals surface area contributed by atoms with Crippen LogP contribution in [0, 0.1) is 5.41 Å². The predicted octanol–water partition coefficient (Wildman–Crippen LogP) is 5.42. The van der Waals surface area contributed by atoms with E-state index < -0.39 is 24.3 Å². The number of benzene rings is 2. The van der Waals surface area contributed by atoms with Crippen LogP contribution in [0.3, 0.4) is 0 Å². The normalized spacial score (nSPS) is 19.4. The van der Waals surface area contributed by atoms with Crippen LogP contribution < -0.4 is 4.74 Å². The molecule has 0 radical (unpaired) electrons. The molecule has 254 valence electrons. The molecule has 0 aliphatic carbocycles. The zero-order chi connectivity index (χ0) is 34.8. The summed E-state index contributed by atoms with van der Waals surface area (Å²) in [5.41, 5.74) is 3.33. The van der Waals surface area contributed by atoms with Crippen LogP contribution in [0.2, 0.25) is 0 Å². The van der Waals surface area contributed by atoms with Gasteiger partial charge in [-0.15, -0.1) is 0 Å². The maximum absolute atomic E-state index is 13.9. The Hall–Kier alpha value is -4.66. The van der Waals surface area contributed by atoms with E-state index in [2.05, 4.69) is 57.2 Å². The number of likely N-dealkylation sites (tertiary alicyclic amines) is 2. The fraction of sp³-hybridized carbons (Fsp3) is 0.375. The lowest BCUT2D eigenvalue weighted by atomic mass is 9.73. The number of halogens is 6. The largest absolute Gasteiger partial charge is 0.497 e. The molecule has 2 aromatic carbocycles. The molecular formula is C32H33F6N3O6. The topological polar surface area (TPSA) is 120 Å². The first kappa shape index (κ1) is 36.8. The van der Waals surface area contributed by atoms with Crippen molar-refractivity contribution in [1.29, 1.82) is 0 Å². The molecule has 1 amide bonds. The lowest BCUT2D eigenvalue weighted by molar-refractivity contribution is -0.193. The summed E-state index contributed by atoms with van der Waals surface area (Å²) in [6, 6.07) is 22.8. The number of carboxylic acid groups (broad SMARTS) is 2. The first-order valence-corrected chi connectivity index (χ1v) is 14.3. The second-order valence-corrected chi connectivity index (χ2v) is 10.9. The van der Waals surface area contributed by atoms with Gasteiger partial charge in [-0.05, 0) is 47.7 Å². The molecule has 2 atom stereocenters. The smallest absolute Gasteiger partial charge is 0.490 e. The van der Waals surface area contributed by atoms with Gasteiger partial charge in [-0.2, -0.15) is 26.3 Å². The van der Waals surface area contributed by atoms with Gasteiger partial charge in [0.2, 0.25) is 5.91 Å². The maximum atomic E-state index is 13.9. The Morgan fingerprint density at radius 3 is 2.02 bits per heavy atom. The van der Waals surface area contributed by atoms with E-state index in [0.717, 1.165) is 51.3 Å². The quantitative estimate of drug-likeness (QED) is 0.321. The molecule has 2 fully saturated rings. The standard InChI is InChI=1S/C28H31N3O2.2C2HF3O2/c1-33-25-11-9-23(10-12-25)19-30-20-26(24-8-5-15-29-18-24)28(21-30)14-17-31(27(28)32)16-13-22-6-3-2-4-7-22;2*3-2(4,5)1(6)7/h2-12,15,18,26H,13-14,16-17,19-21H2,1H3;2*(H,6,7). The van der Waals surface area contributed by atoms with Crippen molar-refractivity contribution in [3.8, 4) is 5.75 Å². The Kier molecular flexibility index (Phi) is 12.3. The number of hydrogen-bond acceptors (Lipinski definition) is 6. The first-order chi connectivity index (χ1) is 22.1. The molecule has 1 aromatic heterocycles. The highest BCUT2D eigenvalue weighted by atomic mass is 19.4. The van der Waals surface area contributed by atoms with E-state index in [9.17, 15) is 31.1 Å². The lowest BCUT2D eigenvalue weighted by Gasteiger charge is -2.29. The molecule has 2 aliphatic heterocycles. The van der Waals surface area contributed by atoms with Crippen LogP contribution in [0.15, 0.2) is 79.1 Å². The Morgan fingerprint density at radius 2 is 1.51 bits per heavy atom. The number of carbonyl (C=O) groups is 3. The molecule has 2 aliphatic rings. The van der Waals surface area contributed by atoms with Crippen LogP contribution in [-0.4, -0.2) is 88.5 Å². The summed E-state index contributed by atoms with van der Waals surface area (Å²) in [4.78, 5) is 40.6. The molecule has 2 N–H and O–H groups in total. The van der Waals surface area contributed by atoms with Crippen molar-refractivity contribution in [2.45, 2.75) is 37.7 Å². The van der Waals surface area contributed by atoms with E-state index in [4.69, 9.17) is 24.5 Å². The Morgan fingerprint density at radius 1 is 0.915 bits per heavy atom. The van der Waals surface area contributed by atoms with E-state index in [1.807, 2.05) is 36.7 Å². The molecule has 2 unspecified atom stereocenters. The minimum Gasteiger partial charge on any atom is -0.497 e. The van der Waals surface area contributed by atoms with Crippen molar-refractivity contribution >= 4 is 17.8 Å². The van der Waals surface area contributed by atoms with Crippen LogP contribution in [0.25, 0.3) is 0 Å². The lowest BCUT2D eigenvalue weighted by Crippen LogP contribution is -2.40. The molecule has 0 bridgehead atoms. The number of aliphatic carboxylic acids is 2. The summed E-state index contributed by atoms with van der Waals surface area (Å²) in [7, 11) is 1.69. The summed E-state index contributed by atoms with van der Waals surface area (Å²) >= 11 is 0. The van der Waals surface area contributed by atoms with Gasteiger partial charge in [-0.25, -0.2) is 9.59 Å². The van der Waals surface area contributed by atoms with Crippen molar-refractivity contribution in [2.24, 2.45) is 5.41 Å². The minimum absolute atomic E-state index is 0.165. The summed E-state index contributed by atoms with van der Waals surface area (Å²) in [6.45, 7) is 4.11. The highest BCUT2D eigenvalue weighted by Crippen LogP contribution is 2.50. The van der Waals surface area contributed by atoms with Crippen molar-refractivity contribution in [2.75, 3.05) is 33.3 Å². The molecule has 3 aromatic rings. The number of alkyl halides is 6. The van der Waals surface area contributed by atoms with E-state index in [0.29, 0.717) is 5.91 Å². The average molecular weight is 670 g/mol. The van der Waals surface area contributed by atoms with Crippen molar-refractivity contribution in [1.82, 2.24) is 14.8 Å². The molecule has 1 spiro atoms. The summed E-state index contributed by atoms with van der Waals surface area (Å²) < 4.78 is 68.8. The fourth-order valence-corrected chi connectivity index (χ4v) is 5.57. The third kappa shape index (κ3) is 10.2. The molecule has 0 saturated carbocycles. The number of rotatable bonds is 7. The number of pyridine rings is 1. The third-order valence-corrected chi connectivity index (χ3v) is 7.80. The van der Waals surface area contributed by atoms with Crippen LogP contribution in [0.1, 0.15) is 29.0 Å². The number of hydrogen-bond donors (Lipinski definition) is 2. The van der Waals surface area contributed by atoms with Gasteiger partial charge >= 0.3 is 24.3 Å². The number of amides is 1. The number of ether oxygens (including phenoxy) is 1. The van der Waals surface area contributed by atoms with Crippen molar-refractivity contribution in [3.05, 3.63) is 95.8 Å². The zero-order valence-corrected chi connectivity index (χ0v) is 25.2. The van der Waals surface area contributed by atoms with Crippen LogP contribution in [0.4, 0.5) is 26.3 Å². The van der Waals surface area contributed by atoms with Crippen LogP contribution in [-0.2, 0) is 27.3 Å². The highest BCUT2D eigenvalue weighted by Gasteiger charge is 2.56. The molecule has 2 saturated heterocycles. The maximum Gasteiger partial charge on any atom is 0.490 e. The SMILES string of the molecule is COc1ccc(CN2CC(c3cccnc3)C3(CCN(CCc4ccccc4)C3=O)C2)cc1.O=C(O)C(F)(F)F.O=C(O)C(F)(F)F. The second-order valence-electron chi connectivity index (χ2n) is 10.9. The van der Waals surface area contributed by atoms with Crippen LogP contribution >= 0.6 is 0 Å². The zero-order valence-electron chi connectivity index (χ0n) is 25.2. The number of methoxy groups -OCH3 is 1. The number of carboxylic acids is 2. The van der Waals surface area contributed by atoms with Gasteiger partial charge in [0.25, 0.3) is 0 Å². The minimum atomic E-state index is -5.08. The molecule has 15 heteroatoms. The Labute approximate surface area is 266 Å². The van der Waals surface area contributed by atoms with Gasteiger partial charge in [-0.3, -0.25) is 14.7 Å². The fourth-order valence-electron chi connectivity index (χ4n) is 5.57. The van der Waals surface area contributed by atoms with Gasteiger partial charge in [0.05, 0.1) is 12.5 Å². The van der Waals surface area contributed by atoms with Gasteiger partial charge in [0.15, 0.2) is 0 Å². The van der Waals surface area contributed by atoms with Gasteiger partial charge in [0, 0.05) is 51.0 Å². The number of aromatic nitrogens is 1. The van der Waals surface area contributed by atoms with Crippen molar-refractivity contribution < 1.29 is 55.7 Å². The van der Waals surface area contributed by atoms with E-state index in [-0.39, 0.29) is 11.3 Å². The second kappa shape index (κ2) is 15.8. The molecular weight excluding hydrogens is 636 g/mol.